The maximum absolute atomic E-state index is 9.36. The molecule has 1 N–H and O–H groups in total. The lowest BCUT2D eigenvalue weighted by Crippen LogP contribution is -1.83. The third kappa shape index (κ3) is 1.75. The van der Waals surface area contributed by atoms with E-state index in [1.807, 2.05) is 6.92 Å². The van der Waals surface area contributed by atoms with Crippen molar-refractivity contribution in [2.75, 3.05) is 0 Å². The summed E-state index contributed by atoms with van der Waals surface area (Å²) in [6, 6.07) is 8.49. The van der Waals surface area contributed by atoms with Crippen molar-refractivity contribution in [1.29, 1.82) is 0 Å². The number of hydrogen-bond acceptors (Lipinski definition) is 5. The van der Waals surface area contributed by atoms with Crippen molar-refractivity contribution in [3.8, 4) is 28.8 Å². The number of benzene rings is 1. The number of nitrogens with zero attached hydrogens (tertiary/aromatic N) is 2. The minimum Gasteiger partial charge on any atom is -0.508 e. The van der Waals surface area contributed by atoms with Gasteiger partial charge in [0.2, 0.25) is 5.82 Å². The zero-order chi connectivity index (χ0) is 12.5. The molecule has 3 aromatic rings. The van der Waals surface area contributed by atoms with Gasteiger partial charge in [0, 0.05) is 5.56 Å². The van der Waals surface area contributed by atoms with Crippen LogP contribution in [0.25, 0.3) is 23.0 Å². The second-order valence-corrected chi connectivity index (χ2v) is 3.90. The van der Waals surface area contributed by atoms with E-state index in [9.17, 15) is 5.11 Å². The van der Waals surface area contributed by atoms with Gasteiger partial charge in [0.25, 0.3) is 5.89 Å². The Morgan fingerprint density at radius 1 is 1.22 bits per heavy atom. The van der Waals surface area contributed by atoms with E-state index >= 15 is 0 Å². The summed E-state index contributed by atoms with van der Waals surface area (Å²) in [6.45, 7) is 1.87. The topological polar surface area (TPSA) is 72.3 Å². The fraction of sp³-hybridized carbons (Fsp3) is 0.0769. The highest BCUT2D eigenvalue weighted by molar-refractivity contribution is 5.61. The molecule has 0 unspecified atom stereocenters. The molecule has 0 aliphatic heterocycles. The SMILES string of the molecule is Cc1cc(O)ccc1-c1nc(-c2ccco2)no1. The van der Waals surface area contributed by atoms with Crippen LogP contribution >= 0.6 is 0 Å². The van der Waals surface area contributed by atoms with E-state index in [4.69, 9.17) is 8.94 Å². The second kappa shape index (κ2) is 4.03. The second-order valence-electron chi connectivity index (χ2n) is 3.90. The smallest absolute Gasteiger partial charge is 0.258 e. The van der Waals surface area contributed by atoms with Crippen molar-refractivity contribution in [3.05, 3.63) is 42.2 Å². The van der Waals surface area contributed by atoms with E-state index in [0.29, 0.717) is 17.5 Å². The summed E-state index contributed by atoms with van der Waals surface area (Å²) in [4.78, 5) is 4.26. The van der Waals surface area contributed by atoms with Gasteiger partial charge in [0.1, 0.15) is 5.75 Å². The van der Waals surface area contributed by atoms with Gasteiger partial charge >= 0.3 is 0 Å². The number of rotatable bonds is 2. The summed E-state index contributed by atoms with van der Waals surface area (Å²) in [5.74, 6) is 1.57. The molecule has 0 spiro atoms. The quantitative estimate of drug-likeness (QED) is 0.747. The fourth-order valence-corrected chi connectivity index (χ4v) is 1.73. The number of phenolic OH excluding ortho intramolecular Hbond substituents is 1. The Bertz CT molecular complexity index is 671. The van der Waals surface area contributed by atoms with Crippen molar-refractivity contribution in [2.24, 2.45) is 0 Å². The van der Waals surface area contributed by atoms with E-state index in [2.05, 4.69) is 10.1 Å². The highest BCUT2D eigenvalue weighted by Crippen LogP contribution is 2.27. The van der Waals surface area contributed by atoms with Gasteiger partial charge in [-0.1, -0.05) is 5.16 Å². The molecule has 0 amide bonds. The molecule has 18 heavy (non-hydrogen) atoms. The standard InChI is InChI=1S/C13H10N2O3/c1-8-7-9(16)4-5-10(8)13-14-12(15-18-13)11-3-2-6-17-11/h2-7,16H,1H3. The molecule has 5 heteroatoms. The molecule has 0 radical (unpaired) electrons. The summed E-state index contributed by atoms with van der Waals surface area (Å²) in [7, 11) is 0. The number of furan rings is 1. The van der Waals surface area contributed by atoms with Crippen molar-refractivity contribution < 1.29 is 14.0 Å². The van der Waals surface area contributed by atoms with E-state index in [0.717, 1.165) is 11.1 Å². The highest BCUT2D eigenvalue weighted by atomic mass is 16.5. The predicted octanol–water partition coefficient (Wildman–Crippen LogP) is 3.01. The molecule has 2 aromatic heterocycles. The molecule has 3 rings (SSSR count). The van der Waals surface area contributed by atoms with Crippen molar-refractivity contribution in [3.63, 3.8) is 0 Å². The molecule has 90 valence electrons. The molecule has 0 bridgehead atoms. The van der Waals surface area contributed by atoms with Gasteiger partial charge in [0.15, 0.2) is 5.76 Å². The normalized spacial score (nSPS) is 10.7. The largest absolute Gasteiger partial charge is 0.508 e. The summed E-state index contributed by atoms with van der Waals surface area (Å²) in [6.07, 6.45) is 1.55. The molecule has 0 aliphatic rings. The lowest BCUT2D eigenvalue weighted by atomic mass is 10.1. The van der Waals surface area contributed by atoms with Crippen LogP contribution in [0.5, 0.6) is 5.75 Å². The third-order valence-corrected chi connectivity index (χ3v) is 2.61. The van der Waals surface area contributed by atoms with Gasteiger partial charge in [-0.15, -0.1) is 0 Å². The number of aromatic hydroxyl groups is 1. The van der Waals surface area contributed by atoms with E-state index in [-0.39, 0.29) is 5.75 Å². The molecular weight excluding hydrogens is 232 g/mol. The Kier molecular flexibility index (Phi) is 2.37. The zero-order valence-corrected chi connectivity index (χ0v) is 9.62. The monoisotopic (exact) mass is 242 g/mol. The summed E-state index contributed by atoms with van der Waals surface area (Å²) in [5.41, 5.74) is 1.66. The lowest BCUT2D eigenvalue weighted by molar-refractivity contribution is 0.429. The van der Waals surface area contributed by atoms with Crippen LogP contribution in [0, 0.1) is 6.92 Å². The number of hydrogen-bond donors (Lipinski definition) is 1. The molecular formula is C13H10N2O3. The average molecular weight is 242 g/mol. The van der Waals surface area contributed by atoms with Gasteiger partial charge in [0.05, 0.1) is 6.26 Å². The first-order valence-corrected chi connectivity index (χ1v) is 5.41. The average Bonchev–Trinajstić information content (AvgIpc) is 2.99. The minimum atomic E-state index is 0.210. The maximum atomic E-state index is 9.36. The summed E-state index contributed by atoms with van der Waals surface area (Å²) in [5, 5.41) is 13.2. The van der Waals surface area contributed by atoms with Crippen LogP contribution in [0.1, 0.15) is 5.56 Å². The van der Waals surface area contributed by atoms with Gasteiger partial charge in [-0.2, -0.15) is 4.98 Å². The number of phenols is 1. The minimum absolute atomic E-state index is 0.210. The van der Waals surface area contributed by atoms with Gasteiger partial charge in [-0.25, -0.2) is 0 Å². The van der Waals surface area contributed by atoms with E-state index < -0.39 is 0 Å². The molecule has 0 aliphatic carbocycles. The van der Waals surface area contributed by atoms with Crippen LogP contribution in [0.3, 0.4) is 0 Å². The molecule has 0 saturated heterocycles. The number of aryl methyl sites for hydroxylation is 1. The molecule has 5 nitrogen and oxygen atoms in total. The molecule has 0 fully saturated rings. The van der Waals surface area contributed by atoms with E-state index in [1.54, 1.807) is 36.6 Å². The Balaban J connectivity index is 2.03. The first-order valence-electron chi connectivity index (χ1n) is 5.41. The van der Waals surface area contributed by atoms with Crippen LogP contribution in [0.4, 0.5) is 0 Å². The third-order valence-electron chi connectivity index (χ3n) is 2.61. The van der Waals surface area contributed by atoms with Crippen LogP contribution in [-0.2, 0) is 0 Å². The van der Waals surface area contributed by atoms with Crippen molar-refractivity contribution in [1.82, 2.24) is 10.1 Å². The summed E-state index contributed by atoms with van der Waals surface area (Å²) >= 11 is 0. The maximum Gasteiger partial charge on any atom is 0.258 e. The molecule has 2 heterocycles. The first-order chi connectivity index (χ1) is 8.74. The Morgan fingerprint density at radius 2 is 2.11 bits per heavy atom. The van der Waals surface area contributed by atoms with Crippen molar-refractivity contribution in [2.45, 2.75) is 6.92 Å². The van der Waals surface area contributed by atoms with Crippen LogP contribution in [0.2, 0.25) is 0 Å². The van der Waals surface area contributed by atoms with Crippen LogP contribution < -0.4 is 0 Å². The van der Waals surface area contributed by atoms with E-state index in [1.165, 1.54) is 0 Å². The van der Waals surface area contributed by atoms with Gasteiger partial charge in [-0.3, -0.25) is 0 Å². The Labute approximate surface area is 103 Å². The van der Waals surface area contributed by atoms with Crippen LogP contribution in [-0.4, -0.2) is 15.2 Å². The predicted molar refractivity (Wildman–Crippen MR) is 63.8 cm³/mol. The summed E-state index contributed by atoms with van der Waals surface area (Å²) < 4.78 is 10.4. The van der Waals surface area contributed by atoms with Crippen LogP contribution in [0.15, 0.2) is 45.5 Å². The molecule has 1 aromatic carbocycles. The fourth-order valence-electron chi connectivity index (χ4n) is 1.73. The molecule has 0 atom stereocenters. The zero-order valence-electron chi connectivity index (χ0n) is 9.62. The Hall–Kier alpha value is -2.56. The lowest BCUT2D eigenvalue weighted by Gasteiger charge is -2.00. The first kappa shape index (κ1) is 10.6. The number of aromatic nitrogens is 2. The van der Waals surface area contributed by atoms with Crippen molar-refractivity contribution >= 4 is 0 Å². The molecule has 0 saturated carbocycles. The highest BCUT2D eigenvalue weighted by Gasteiger charge is 2.14. The van der Waals surface area contributed by atoms with Gasteiger partial charge in [-0.05, 0) is 42.8 Å². The van der Waals surface area contributed by atoms with Gasteiger partial charge < -0.3 is 14.0 Å². The Morgan fingerprint density at radius 3 is 2.83 bits per heavy atom.